The summed E-state index contributed by atoms with van der Waals surface area (Å²) in [6.45, 7) is 4.80. The van der Waals surface area contributed by atoms with Crippen LogP contribution in [0.15, 0.2) is 46.9 Å². The summed E-state index contributed by atoms with van der Waals surface area (Å²) in [6, 6.07) is 14.8. The summed E-state index contributed by atoms with van der Waals surface area (Å²) in [5, 5.41) is 3.38. The fourth-order valence-electron chi connectivity index (χ4n) is 2.32. The van der Waals surface area contributed by atoms with Gasteiger partial charge in [-0.25, -0.2) is 0 Å². The molecule has 0 radical (unpaired) electrons. The molecule has 2 aromatic carbocycles. The molecule has 0 bridgehead atoms. The van der Waals surface area contributed by atoms with Crippen LogP contribution in [0.1, 0.15) is 29.7 Å². The molecule has 0 saturated heterocycles. The van der Waals surface area contributed by atoms with E-state index in [1.54, 1.807) is 0 Å². The highest BCUT2D eigenvalue weighted by Crippen LogP contribution is 2.31. The predicted molar refractivity (Wildman–Crippen MR) is 87.4 cm³/mol. The molecule has 0 aliphatic heterocycles. The monoisotopic (exact) mass is 333 g/mol. The number of rotatable bonds is 5. The first-order valence-electron chi connectivity index (χ1n) is 6.82. The van der Waals surface area contributed by atoms with Crippen molar-refractivity contribution in [3.8, 4) is 5.75 Å². The molecular formula is C17H20BrNO. The van der Waals surface area contributed by atoms with E-state index in [9.17, 15) is 0 Å². The average molecular weight is 334 g/mol. The van der Waals surface area contributed by atoms with Crippen molar-refractivity contribution in [2.45, 2.75) is 19.9 Å². The zero-order valence-electron chi connectivity index (χ0n) is 12.1. The summed E-state index contributed by atoms with van der Waals surface area (Å²) in [4.78, 5) is 0. The van der Waals surface area contributed by atoms with Crippen molar-refractivity contribution >= 4 is 15.9 Å². The highest BCUT2D eigenvalue weighted by Gasteiger charge is 2.15. The fourth-order valence-corrected chi connectivity index (χ4v) is 2.81. The summed E-state index contributed by atoms with van der Waals surface area (Å²) in [7, 11) is 1.98. The molecule has 3 heteroatoms. The number of halogens is 1. The van der Waals surface area contributed by atoms with E-state index in [4.69, 9.17) is 4.74 Å². The first-order chi connectivity index (χ1) is 9.67. The Morgan fingerprint density at radius 1 is 1.15 bits per heavy atom. The highest BCUT2D eigenvalue weighted by molar-refractivity contribution is 9.10. The van der Waals surface area contributed by atoms with Crippen LogP contribution in [0.2, 0.25) is 0 Å². The SMILES string of the molecule is CCOc1ccc(C(NC)c2cccc(C)c2Br)cc1. The van der Waals surface area contributed by atoms with Gasteiger partial charge in [0.2, 0.25) is 0 Å². The molecule has 0 amide bonds. The van der Waals surface area contributed by atoms with Gasteiger partial charge in [-0.1, -0.05) is 46.3 Å². The Labute approximate surface area is 129 Å². The third-order valence-corrected chi connectivity index (χ3v) is 4.43. The van der Waals surface area contributed by atoms with E-state index in [1.807, 2.05) is 26.1 Å². The van der Waals surface area contributed by atoms with Gasteiger partial charge in [-0.3, -0.25) is 0 Å². The molecule has 0 saturated carbocycles. The van der Waals surface area contributed by atoms with E-state index < -0.39 is 0 Å². The molecule has 106 valence electrons. The zero-order valence-corrected chi connectivity index (χ0v) is 13.7. The molecule has 2 aromatic rings. The number of nitrogens with one attached hydrogen (secondary N) is 1. The lowest BCUT2D eigenvalue weighted by Gasteiger charge is -2.20. The van der Waals surface area contributed by atoms with Gasteiger partial charge in [0, 0.05) is 4.47 Å². The van der Waals surface area contributed by atoms with Crippen LogP contribution in [-0.2, 0) is 0 Å². The third kappa shape index (κ3) is 3.22. The zero-order chi connectivity index (χ0) is 14.5. The largest absolute Gasteiger partial charge is 0.494 e. The summed E-state index contributed by atoms with van der Waals surface area (Å²) < 4.78 is 6.65. The quantitative estimate of drug-likeness (QED) is 0.871. The van der Waals surface area contributed by atoms with Crippen LogP contribution in [0, 0.1) is 6.92 Å². The van der Waals surface area contributed by atoms with Gasteiger partial charge in [0.05, 0.1) is 12.6 Å². The molecule has 1 unspecified atom stereocenters. The number of hydrogen-bond donors (Lipinski definition) is 1. The van der Waals surface area contributed by atoms with Gasteiger partial charge < -0.3 is 10.1 Å². The molecule has 0 aliphatic carbocycles. The third-order valence-electron chi connectivity index (χ3n) is 3.35. The van der Waals surface area contributed by atoms with Gasteiger partial charge in [0.1, 0.15) is 5.75 Å². The Morgan fingerprint density at radius 2 is 1.85 bits per heavy atom. The van der Waals surface area contributed by atoms with E-state index in [1.165, 1.54) is 16.7 Å². The van der Waals surface area contributed by atoms with Crippen LogP contribution in [0.25, 0.3) is 0 Å². The van der Waals surface area contributed by atoms with Crippen molar-refractivity contribution in [1.29, 1.82) is 0 Å². The number of aryl methyl sites for hydroxylation is 1. The van der Waals surface area contributed by atoms with Gasteiger partial charge in [0.15, 0.2) is 0 Å². The van der Waals surface area contributed by atoms with Crippen molar-refractivity contribution in [3.05, 3.63) is 63.6 Å². The first kappa shape index (κ1) is 15.1. The normalized spacial score (nSPS) is 12.2. The maximum absolute atomic E-state index is 5.49. The van der Waals surface area contributed by atoms with Gasteiger partial charge >= 0.3 is 0 Å². The van der Waals surface area contributed by atoms with E-state index in [-0.39, 0.29) is 6.04 Å². The van der Waals surface area contributed by atoms with Crippen molar-refractivity contribution in [3.63, 3.8) is 0 Å². The average Bonchev–Trinajstić information content (AvgIpc) is 2.46. The minimum Gasteiger partial charge on any atom is -0.494 e. The molecule has 0 aliphatic rings. The number of ether oxygens (including phenoxy) is 1. The van der Waals surface area contributed by atoms with Crippen LogP contribution in [0.5, 0.6) is 5.75 Å². The summed E-state index contributed by atoms with van der Waals surface area (Å²) in [5.41, 5.74) is 3.72. The lowest BCUT2D eigenvalue weighted by atomic mass is 9.97. The van der Waals surface area contributed by atoms with Gasteiger partial charge in [0.25, 0.3) is 0 Å². The Hall–Kier alpha value is -1.32. The lowest BCUT2D eigenvalue weighted by molar-refractivity contribution is 0.340. The van der Waals surface area contributed by atoms with Crippen LogP contribution < -0.4 is 10.1 Å². The van der Waals surface area contributed by atoms with Crippen LogP contribution in [0.3, 0.4) is 0 Å². The predicted octanol–water partition coefficient (Wildman–Crippen LogP) is 4.47. The maximum atomic E-state index is 5.49. The number of benzene rings is 2. The molecule has 0 spiro atoms. The smallest absolute Gasteiger partial charge is 0.119 e. The fraction of sp³-hybridized carbons (Fsp3) is 0.294. The molecule has 0 heterocycles. The molecule has 2 nitrogen and oxygen atoms in total. The Balaban J connectivity index is 2.34. The van der Waals surface area contributed by atoms with Crippen LogP contribution in [0.4, 0.5) is 0 Å². The van der Waals surface area contributed by atoms with Crippen LogP contribution in [-0.4, -0.2) is 13.7 Å². The van der Waals surface area contributed by atoms with Crippen molar-refractivity contribution in [1.82, 2.24) is 5.32 Å². The van der Waals surface area contributed by atoms with Gasteiger partial charge in [-0.05, 0) is 49.7 Å². The Morgan fingerprint density at radius 3 is 2.45 bits per heavy atom. The van der Waals surface area contributed by atoms with E-state index in [0.717, 1.165) is 10.2 Å². The van der Waals surface area contributed by atoms with Crippen molar-refractivity contribution < 1.29 is 4.74 Å². The topological polar surface area (TPSA) is 21.3 Å². The molecule has 20 heavy (non-hydrogen) atoms. The minimum absolute atomic E-state index is 0.167. The second kappa shape index (κ2) is 6.91. The minimum atomic E-state index is 0.167. The second-order valence-corrected chi connectivity index (χ2v) is 5.49. The maximum Gasteiger partial charge on any atom is 0.119 e. The highest BCUT2D eigenvalue weighted by atomic mass is 79.9. The summed E-state index contributed by atoms with van der Waals surface area (Å²) in [5.74, 6) is 0.911. The summed E-state index contributed by atoms with van der Waals surface area (Å²) in [6.07, 6.45) is 0. The lowest BCUT2D eigenvalue weighted by Crippen LogP contribution is -2.18. The van der Waals surface area contributed by atoms with Gasteiger partial charge in [-0.15, -0.1) is 0 Å². The van der Waals surface area contributed by atoms with Crippen molar-refractivity contribution in [2.75, 3.05) is 13.7 Å². The van der Waals surface area contributed by atoms with Crippen LogP contribution >= 0.6 is 15.9 Å². The molecule has 1 N–H and O–H groups in total. The molecule has 1 atom stereocenters. The standard InChI is InChI=1S/C17H20BrNO/c1-4-20-14-10-8-13(9-11-14)17(19-3)15-7-5-6-12(2)16(15)18/h5-11,17,19H,4H2,1-3H3. The molecular weight excluding hydrogens is 314 g/mol. The Kier molecular flexibility index (Phi) is 5.21. The second-order valence-electron chi connectivity index (χ2n) is 4.70. The van der Waals surface area contributed by atoms with Gasteiger partial charge in [-0.2, -0.15) is 0 Å². The van der Waals surface area contributed by atoms with Crippen molar-refractivity contribution in [2.24, 2.45) is 0 Å². The summed E-state index contributed by atoms with van der Waals surface area (Å²) >= 11 is 3.69. The molecule has 2 rings (SSSR count). The van der Waals surface area contributed by atoms with E-state index >= 15 is 0 Å². The molecule has 0 aromatic heterocycles. The molecule has 0 fully saturated rings. The van der Waals surface area contributed by atoms with E-state index in [2.05, 4.69) is 58.5 Å². The van der Waals surface area contributed by atoms with E-state index in [0.29, 0.717) is 6.61 Å². The number of hydrogen-bond acceptors (Lipinski definition) is 2. The Bertz CT molecular complexity index is 566. The first-order valence-corrected chi connectivity index (χ1v) is 7.61.